The number of benzene rings is 1. The number of amides is 1. The van der Waals surface area contributed by atoms with E-state index in [2.05, 4.69) is 15.1 Å². The molecule has 1 aromatic carbocycles. The molecule has 0 spiro atoms. The lowest BCUT2D eigenvalue weighted by atomic mass is 9.97. The standard InChI is InChI=1S/C22H28F4N4O4S/c1-13(15-4-5-18(19(23)10-15)14(2)29-35(3,32)33)21(31)27-12-17-11-20(22(24,25)26)28-30(17)16-6-8-34-9-7-16/h4-5,10-11,13-14,16,29H,6-9,12H2,1-3H3,(H,27,31). The molecule has 3 rings (SSSR count). The molecule has 2 aromatic rings. The zero-order chi connectivity index (χ0) is 26.0. The molecule has 35 heavy (non-hydrogen) atoms. The maximum absolute atomic E-state index is 14.6. The molecule has 1 aliphatic rings. The summed E-state index contributed by atoms with van der Waals surface area (Å²) in [5.41, 5.74) is -0.362. The Morgan fingerprint density at radius 2 is 1.89 bits per heavy atom. The van der Waals surface area contributed by atoms with E-state index in [1.165, 1.54) is 23.7 Å². The number of alkyl halides is 3. The highest BCUT2D eigenvalue weighted by Gasteiger charge is 2.36. The average molecular weight is 521 g/mol. The van der Waals surface area contributed by atoms with Crippen molar-refractivity contribution in [3.8, 4) is 0 Å². The molecular weight excluding hydrogens is 492 g/mol. The Kier molecular flexibility index (Phi) is 8.22. The van der Waals surface area contributed by atoms with E-state index in [1.54, 1.807) is 6.92 Å². The van der Waals surface area contributed by atoms with Gasteiger partial charge in [0.25, 0.3) is 0 Å². The third-order valence-electron chi connectivity index (χ3n) is 5.86. The summed E-state index contributed by atoms with van der Waals surface area (Å²) >= 11 is 0. The smallest absolute Gasteiger partial charge is 0.381 e. The average Bonchev–Trinajstić information content (AvgIpc) is 3.21. The Labute approximate surface area is 201 Å². The normalized spacial score (nSPS) is 17.2. The summed E-state index contributed by atoms with van der Waals surface area (Å²) in [5, 5.41) is 6.35. The van der Waals surface area contributed by atoms with Gasteiger partial charge in [0.15, 0.2) is 5.69 Å². The van der Waals surface area contributed by atoms with Gasteiger partial charge < -0.3 is 10.1 Å². The maximum atomic E-state index is 14.6. The Balaban J connectivity index is 1.72. The minimum Gasteiger partial charge on any atom is -0.381 e. The van der Waals surface area contributed by atoms with Crippen LogP contribution in [0.25, 0.3) is 0 Å². The Bertz CT molecular complexity index is 1160. The number of nitrogens with zero attached hydrogens (tertiary/aromatic N) is 2. The number of aromatic nitrogens is 2. The van der Waals surface area contributed by atoms with Crippen LogP contribution in [0, 0.1) is 5.82 Å². The van der Waals surface area contributed by atoms with Gasteiger partial charge >= 0.3 is 6.18 Å². The van der Waals surface area contributed by atoms with E-state index in [-0.39, 0.29) is 23.8 Å². The van der Waals surface area contributed by atoms with Gasteiger partial charge in [-0.15, -0.1) is 0 Å². The van der Waals surface area contributed by atoms with Crippen molar-refractivity contribution in [1.82, 2.24) is 19.8 Å². The van der Waals surface area contributed by atoms with Crippen LogP contribution < -0.4 is 10.0 Å². The second-order valence-corrected chi connectivity index (χ2v) is 10.4. The molecule has 2 atom stereocenters. The van der Waals surface area contributed by atoms with Gasteiger partial charge in [-0.3, -0.25) is 9.48 Å². The summed E-state index contributed by atoms with van der Waals surface area (Å²) in [6.07, 6.45) is -2.64. The second kappa shape index (κ2) is 10.6. The van der Waals surface area contributed by atoms with Gasteiger partial charge in [0.2, 0.25) is 15.9 Å². The number of rotatable bonds is 8. The lowest BCUT2D eigenvalue weighted by molar-refractivity contribution is -0.141. The van der Waals surface area contributed by atoms with Gasteiger partial charge in [-0.1, -0.05) is 12.1 Å². The SMILES string of the molecule is CC(NS(C)(=O)=O)c1ccc(C(C)C(=O)NCc2cc(C(F)(F)F)nn2C2CCOCC2)cc1F. The van der Waals surface area contributed by atoms with E-state index >= 15 is 0 Å². The van der Waals surface area contributed by atoms with Gasteiger partial charge in [-0.05, 0) is 44.4 Å². The minimum atomic E-state index is -4.62. The van der Waals surface area contributed by atoms with Crippen LogP contribution in [-0.2, 0) is 32.3 Å². The molecular formula is C22H28F4N4O4S. The van der Waals surface area contributed by atoms with Crippen LogP contribution in [0.15, 0.2) is 24.3 Å². The summed E-state index contributed by atoms with van der Waals surface area (Å²) in [6.45, 7) is 3.67. The van der Waals surface area contributed by atoms with Crippen LogP contribution in [0.2, 0.25) is 0 Å². The third kappa shape index (κ3) is 7.01. The lowest BCUT2D eigenvalue weighted by Crippen LogP contribution is -2.30. The van der Waals surface area contributed by atoms with Crippen LogP contribution in [0.4, 0.5) is 17.6 Å². The van der Waals surface area contributed by atoms with Crippen LogP contribution in [-0.4, -0.2) is 43.6 Å². The first-order chi connectivity index (χ1) is 16.3. The van der Waals surface area contributed by atoms with Crippen LogP contribution in [0.3, 0.4) is 0 Å². The highest BCUT2D eigenvalue weighted by Crippen LogP contribution is 2.31. The number of nitrogens with one attached hydrogen (secondary N) is 2. The molecule has 8 nitrogen and oxygen atoms in total. The van der Waals surface area contributed by atoms with Gasteiger partial charge in [-0.2, -0.15) is 18.3 Å². The molecule has 1 aliphatic heterocycles. The zero-order valence-electron chi connectivity index (χ0n) is 19.5. The first-order valence-corrected chi connectivity index (χ1v) is 12.9. The number of ether oxygens (including phenoxy) is 1. The highest BCUT2D eigenvalue weighted by atomic mass is 32.2. The predicted octanol–water partition coefficient (Wildman–Crippen LogP) is 3.42. The number of sulfonamides is 1. The van der Waals surface area contributed by atoms with Gasteiger partial charge in [0.05, 0.1) is 30.5 Å². The van der Waals surface area contributed by atoms with E-state index in [1.807, 2.05) is 0 Å². The first-order valence-electron chi connectivity index (χ1n) is 11.0. The molecule has 1 fully saturated rings. The molecule has 0 bridgehead atoms. The maximum Gasteiger partial charge on any atom is 0.435 e. The van der Waals surface area contributed by atoms with Crippen LogP contribution in [0.5, 0.6) is 0 Å². The summed E-state index contributed by atoms with van der Waals surface area (Å²) in [7, 11) is -3.55. The molecule has 0 radical (unpaired) electrons. The van der Waals surface area contributed by atoms with Crippen molar-refractivity contribution in [2.45, 2.75) is 57.4 Å². The molecule has 0 aliphatic carbocycles. The van der Waals surface area contributed by atoms with E-state index in [0.29, 0.717) is 31.6 Å². The number of hydrogen-bond acceptors (Lipinski definition) is 5. The fourth-order valence-corrected chi connectivity index (χ4v) is 4.75. The monoisotopic (exact) mass is 520 g/mol. The molecule has 2 unspecified atom stereocenters. The minimum absolute atomic E-state index is 0.117. The van der Waals surface area contributed by atoms with Crippen molar-refractivity contribution in [2.75, 3.05) is 19.5 Å². The fourth-order valence-electron chi connectivity index (χ4n) is 3.98. The quantitative estimate of drug-likeness (QED) is 0.520. The Hall–Kier alpha value is -2.51. The van der Waals surface area contributed by atoms with Gasteiger partial charge in [-0.25, -0.2) is 17.5 Å². The second-order valence-electron chi connectivity index (χ2n) is 8.64. The van der Waals surface area contributed by atoms with Crippen molar-refractivity contribution in [3.63, 3.8) is 0 Å². The summed E-state index contributed by atoms with van der Waals surface area (Å²) < 4.78 is 86.1. The number of carbonyl (C=O) groups is 1. The summed E-state index contributed by atoms with van der Waals surface area (Å²) in [6, 6.07) is 3.90. The number of carbonyl (C=O) groups excluding carboxylic acids is 1. The van der Waals surface area contributed by atoms with Crippen molar-refractivity contribution < 1.29 is 35.5 Å². The Morgan fingerprint density at radius 3 is 2.46 bits per heavy atom. The molecule has 2 heterocycles. The fraction of sp³-hybridized carbons (Fsp3) is 0.545. The first kappa shape index (κ1) is 27.1. The largest absolute Gasteiger partial charge is 0.435 e. The third-order valence-corrected chi connectivity index (χ3v) is 6.64. The van der Waals surface area contributed by atoms with Crippen molar-refractivity contribution in [2.24, 2.45) is 0 Å². The lowest BCUT2D eigenvalue weighted by Gasteiger charge is -2.24. The van der Waals surface area contributed by atoms with E-state index in [0.717, 1.165) is 18.4 Å². The van der Waals surface area contributed by atoms with E-state index in [9.17, 15) is 30.8 Å². The highest BCUT2D eigenvalue weighted by molar-refractivity contribution is 7.88. The molecule has 1 amide bonds. The van der Waals surface area contributed by atoms with Gasteiger partial charge in [0, 0.05) is 24.8 Å². The van der Waals surface area contributed by atoms with Gasteiger partial charge in [0.1, 0.15) is 5.82 Å². The topological polar surface area (TPSA) is 102 Å². The van der Waals surface area contributed by atoms with E-state index in [4.69, 9.17) is 4.74 Å². The molecule has 1 saturated heterocycles. The molecule has 0 saturated carbocycles. The van der Waals surface area contributed by atoms with Crippen molar-refractivity contribution >= 4 is 15.9 Å². The van der Waals surface area contributed by atoms with E-state index < -0.39 is 45.6 Å². The molecule has 2 N–H and O–H groups in total. The van der Waals surface area contributed by atoms with Crippen molar-refractivity contribution in [3.05, 3.63) is 52.6 Å². The van der Waals surface area contributed by atoms with Crippen LogP contribution >= 0.6 is 0 Å². The molecule has 194 valence electrons. The Morgan fingerprint density at radius 1 is 1.23 bits per heavy atom. The van der Waals surface area contributed by atoms with Crippen molar-refractivity contribution in [1.29, 1.82) is 0 Å². The van der Waals surface area contributed by atoms with Crippen LogP contribution in [0.1, 0.15) is 67.2 Å². The molecule has 1 aromatic heterocycles. The number of hydrogen-bond donors (Lipinski definition) is 2. The predicted molar refractivity (Wildman–Crippen MR) is 119 cm³/mol. The summed E-state index contributed by atoms with van der Waals surface area (Å²) in [4.78, 5) is 12.7. The zero-order valence-corrected chi connectivity index (χ0v) is 20.3. The molecule has 13 heteroatoms. The summed E-state index contributed by atoms with van der Waals surface area (Å²) in [5.74, 6) is -2.00. The number of halogens is 4.